The number of para-hydroxylation sites is 2. The maximum atomic E-state index is 11.7. The minimum Gasteiger partial charge on any atom is -0.495 e. The predicted octanol–water partition coefficient (Wildman–Crippen LogP) is 0.511. The number of carbonyl (C=O) groups is 3. The Hall–Kier alpha value is -3.51. The Morgan fingerprint density at radius 1 is 1.26 bits per heavy atom. The van der Waals surface area contributed by atoms with Crippen molar-refractivity contribution in [3.8, 4) is 5.75 Å². The number of rotatable bonds is 4. The molecule has 0 saturated carbocycles. The highest BCUT2D eigenvalue weighted by Crippen LogP contribution is 2.22. The molecule has 3 amide bonds. The van der Waals surface area contributed by atoms with Crippen LogP contribution in [-0.4, -0.2) is 55.9 Å². The predicted molar refractivity (Wildman–Crippen MR) is 89.4 cm³/mol. The number of aliphatic carboxylic acids is 1. The van der Waals surface area contributed by atoms with E-state index in [1.165, 1.54) is 14.2 Å². The Balaban J connectivity index is 0.000000821. The number of alkyl halides is 3. The van der Waals surface area contributed by atoms with Gasteiger partial charge in [0.15, 0.2) is 5.96 Å². The Bertz CT molecular complexity index is 694. The van der Waals surface area contributed by atoms with Crippen LogP contribution in [0.3, 0.4) is 0 Å². The van der Waals surface area contributed by atoms with Crippen LogP contribution in [0.5, 0.6) is 5.75 Å². The number of nitrogens with one attached hydrogen (secondary N) is 3. The summed E-state index contributed by atoms with van der Waals surface area (Å²) in [6.07, 6.45) is -5.08. The van der Waals surface area contributed by atoms with Crippen molar-refractivity contribution in [3.05, 3.63) is 24.3 Å². The summed E-state index contributed by atoms with van der Waals surface area (Å²) in [5.41, 5.74) is 5.96. The van der Waals surface area contributed by atoms with Gasteiger partial charge in [0, 0.05) is 7.05 Å². The maximum absolute atomic E-state index is 11.7. The fourth-order valence-corrected chi connectivity index (χ4v) is 1.31. The van der Waals surface area contributed by atoms with Crippen molar-refractivity contribution in [3.63, 3.8) is 0 Å². The number of carbonyl (C=O) groups excluding carboxylic acids is 2. The third-order valence-corrected chi connectivity index (χ3v) is 2.49. The van der Waals surface area contributed by atoms with Gasteiger partial charge in [-0.15, -0.1) is 0 Å². The summed E-state index contributed by atoms with van der Waals surface area (Å²) < 4.78 is 36.8. The second-order valence-corrected chi connectivity index (χ2v) is 4.46. The first-order valence-electron chi connectivity index (χ1n) is 7.02. The van der Waals surface area contributed by atoms with E-state index in [1.807, 2.05) is 0 Å². The monoisotopic (exact) mass is 393 g/mol. The average Bonchev–Trinajstić information content (AvgIpc) is 2.60. The molecular formula is C14H18F3N5O5. The van der Waals surface area contributed by atoms with E-state index in [1.54, 1.807) is 24.3 Å². The number of guanidine groups is 1. The molecule has 0 spiro atoms. The first-order chi connectivity index (χ1) is 12.5. The van der Waals surface area contributed by atoms with E-state index in [-0.39, 0.29) is 18.4 Å². The lowest BCUT2D eigenvalue weighted by atomic mass is 10.3. The third kappa shape index (κ3) is 10.2. The lowest BCUT2D eigenvalue weighted by Gasteiger charge is -2.09. The number of aliphatic imine (C=N–C) groups is 1. The molecule has 0 aromatic heterocycles. The Morgan fingerprint density at radius 2 is 1.81 bits per heavy atom. The molecule has 0 saturated heterocycles. The normalized spacial score (nSPS) is 10.8. The molecular weight excluding hydrogens is 375 g/mol. The van der Waals surface area contributed by atoms with Crippen molar-refractivity contribution in [1.29, 1.82) is 0 Å². The van der Waals surface area contributed by atoms with E-state index < -0.39 is 18.2 Å². The number of carboxylic acids is 1. The van der Waals surface area contributed by atoms with Crippen LogP contribution < -0.4 is 26.4 Å². The van der Waals surface area contributed by atoms with Crippen LogP contribution in [0.2, 0.25) is 0 Å². The molecule has 0 aliphatic carbocycles. The molecule has 0 aliphatic rings. The average molecular weight is 393 g/mol. The number of carboxylic acid groups (broad SMARTS) is 1. The zero-order valence-corrected chi connectivity index (χ0v) is 14.3. The fourth-order valence-electron chi connectivity index (χ4n) is 1.31. The van der Waals surface area contributed by atoms with E-state index in [0.29, 0.717) is 11.4 Å². The number of hydrogen-bond donors (Lipinski definition) is 5. The molecule has 1 rings (SSSR count). The van der Waals surface area contributed by atoms with Crippen LogP contribution in [0.25, 0.3) is 0 Å². The number of halogens is 3. The topological polar surface area (TPSA) is 155 Å². The number of amides is 3. The molecule has 1 aromatic carbocycles. The molecule has 0 fully saturated rings. The van der Waals surface area contributed by atoms with Gasteiger partial charge in [0.05, 0.1) is 12.8 Å². The van der Waals surface area contributed by atoms with Gasteiger partial charge in [-0.25, -0.2) is 14.6 Å². The van der Waals surface area contributed by atoms with Crippen LogP contribution in [0.4, 0.5) is 23.7 Å². The molecule has 13 heteroatoms. The molecule has 0 radical (unpaired) electrons. The molecule has 27 heavy (non-hydrogen) atoms. The first kappa shape index (κ1) is 23.5. The van der Waals surface area contributed by atoms with Crippen LogP contribution in [0, 0.1) is 0 Å². The summed E-state index contributed by atoms with van der Waals surface area (Å²) in [5.74, 6) is -2.73. The lowest BCUT2D eigenvalue weighted by molar-refractivity contribution is -0.192. The van der Waals surface area contributed by atoms with Crippen LogP contribution in [0.1, 0.15) is 0 Å². The Morgan fingerprint density at radius 3 is 2.30 bits per heavy atom. The molecule has 0 unspecified atom stereocenters. The van der Waals surface area contributed by atoms with Crippen molar-refractivity contribution in [2.45, 2.75) is 6.18 Å². The van der Waals surface area contributed by atoms with E-state index >= 15 is 0 Å². The Labute approximate surface area is 151 Å². The van der Waals surface area contributed by atoms with Crippen molar-refractivity contribution in [2.75, 3.05) is 26.0 Å². The SMILES string of the molecule is CNC(=O)NC(N)=NCC(=O)Nc1ccccc1OC.O=C(O)C(F)(F)F. The fraction of sp³-hybridized carbons (Fsp3) is 0.286. The van der Waals surface area contributed by atoms with Crippen molar-refractivity contribution in [1.82, 2.24) is 10.6 Å². The summed E-state index contributed by atoms with van der Waals surface area (Å²) in [4.78, 5) is 35.3. The number of methoxy groups -OCH3 is 1. The standard InChI is InChI=1S/C12H17N5O3.C2HF3O2/c1-14-12(19)17-11(13)15-7-10(18)16-8-5-3-4-6-9(8)20-2;3-2(4,5)1(6)7/h3-6H,7H2,1-2H3,(H,16,18)(H4,13,14,15,17,19);(H,6,7). The first-order valence-corrected chi connectivity index (χ1v) is 7.02. The molecule has 0 heterocycles. The molecule has 150 valence electrons. The number of nitrogens with zero attached hydrogens (tertiary/aromatic N) is 1. The van der Waals surface area contributed by atoms with Gasteiger partial charge < -0.3 is 26.2 Å². The van der Waals surface area contributed by atoms with Crippen LogP contribution in [0.15, 0.2) is 29.3 Å². The zero-order valence-electron chi connectivity index (χ0n) is 14.3. The summed E-state index contributed by atoms with van der Waals surface area (Å²) in [6.45, 7) is -0.214. The van der Waals surface area contributed by atoms with Gasteiger partial charge in [0.2, 0.25) is 5.91 Å². The lowest BCUT2D eigenvalue weighted by Crippen LogP contribution is -2.42. The van der Waals surface area contributed by atoms with Crippen molar-refractivity contribution in [2.24, 2.45) is 10.7 Å². The molecule has 10 nitrogen and oxygen atoms in total. The van der Waals surface area contributed by atoms with Crippen LogP contribution in [-0.2, 0) is 9.59 Å². The van der Waals surface area contributed by atoms with Gasteiger partial charge in [-0.2, -0.15) is 13.2 Å². The zero-order chi connectivity index (χ0) is 21.0. The summed E-state index contributed by atoms with van der Waals surface area (Å²) in [7, 11) is 2.95. The maximum Gasteiger partial charge on any atom is 0.490 e. The number of nitrogens with two attached hydrogens (primary N) is 1. The van der Waals surface area contributed by atoms with Crippen molar-refractivity contribution >= 4 is 29.6 Å². The number of anilines is 1. The molecule has 0 bridgehead atoms. The number of hydrogen-bond acceptors (Lipinski definition) is 5. The van der Waals surface area contributed by atoms with Gasteiger partial charge in [0.1, 0.15) is 12.3 Å². The van der Waals surface area contributed by atoms with Gasteiger partial charge in [0.25, 0.3) is 0 Å². The summed E-state index contributed by atoms with van der Waals surface area (Å²) >= 11 is 0. The van der Waals surface area contributed by atoms with Gasteiger partial charge in [-0.3, -0.25) is 10.1 Å². The Kier molecular flexibility index (Phi) is 9.72. The third-order valence-electron chi connectivity index (χ3n) is 2.49. The minimum atomic E-state index is -5.08. The molecule has 0 atom stereocenters. The summed E-state index contributed by atoms with van der Waals surface area (Å²) in [5, 5.41) is 14.3. The number of urea groups is 1. The second kappa shape index (κ2) is 11.2. The highest BCUT2D eigenvalue weighted by molar-refractivity contribution is 5.98. The molecule has 0 aliphatic heterocycles. The molecule has 6 N–H and O–H groups in total. The van der Waals surface area contributed by atoms with E-state index in [9.17, 15) is 22.8 Å². The second-order valence-electron chi connectivity index (χ2n) is 4.46. The largest absolute Gasteiger partial charge is 0.495 e. The van der Waals surface area contributed by atoms with Gasteiger partial charge in [-0.05, 0) is 12.1 Å². The molecule has 1 aromatic rings. The smallest absolute Gasteiger partial charge is 0.490 e. The van der Waals surface area contributed by atoms with Gasteiger partial charge in [-0.1, -0.05) is 12.1 Å². The highest BCUT2D eigenvalue weighted by atomic mass is 19.4. The van der Waals surface area contributed by atoms with E-state index in [4.69, 9.17) is 20.4 Å². The van der Waals surface area contributed by atoms with Crippen molar-refractivity contribution < 1.29 is 37.4 Å². The number of benzene rings is 1. The van der Waals surface area contributed by atoms with E-state index in [2.05, 4.69) is 20.9 Å². The van der Waals surface area contributed by atoms with E-state index in [0.717, 1.165) is 0 Å². The highest BCUT2D eigenvalue weighted by Gasteiger charge is 2.38. The minimum absolute atomic E-state index is 0.139. The van der Waals surface area contributed by atoms with Gasteiger partial charge >= 0.3 is 18.2 Å². The summed E-state index contributed by atoms with van der Waals surface area (Å²) in [6, 6.07) is 6.48. The number of ether oxygens (including phenoxy) is 1. The van der Waals surface area contributed by atoms with Crippen LogP contribution >= 0.6 is 0 Å². The quantitative estimate of drug-likeness (QED) is 0.371.